The summed E-state index contributed by atoms with van der Waals surface area (Å²) in [4.78, 5) is 11.2. The molecule has 1 saturated heterocycles. The van der Waals surface area contributed by atoms with E-state index in [4.69, 9.17) is 0 Å². The highest BCUT2D eigenvalue weighted by Gasteiger charge is 2.25. The van der Waals surface area contributed by atoms with Crippen LogP contribution in [0.15, 0.2) is 29.5 Å². The standard InChI is InChI=1S/C19H32N4S/c1-14(2)17(16-7-6-8-21-11-16)12-22-19(20-5)23-9-10-24-18(13-23)15(3)4/h6-8,11,14-15,17-18H,9-10,12-13H2,1-5H3,(H,20,22). The monoisotopic (exact) mass is 348 g/mol. The van der Waals surface area contributed by atoms with Crippen LogP contribution in [0.3, 0.4) is 0 Å². The Kier molecular flexibility index (Phi) is 7.40. The number of nitrogens with zero attached hydrogens (tertiary/aromatic N) is 3. The van der Waals surface area contributed by atoms with Gasteiger partial charge in [0.15, 0.2) is 5.96 Å². The number of aromatic nitrogens is 1. The second-order valence-corrected chi connectivity index (χ2v) is 8.51. The zero-order valence-electron chi connectivity index (χ0n) is 15.7. The van der Waals surface area contributed by atoms with Gasteiger partial charge in [0, 0.05) is 56.0 Å². The van der Waals surface area contributed by atoms with Crippen LogP contribution >= 0.6 is 11.8 Å². The van der Waals surface area contributed by atoms with Crippen LogP contribution in [-0.2, 0) is 0 Å². The third-order valence-electron chi connectivity index (χ3n) is 4.75. The van der Waals surface area contributed by atoms with E-state index in [2.05, 4.69) is 65.7 Å². The summed E-state index contributed by atoms with van der Waals surface area (Å²) in [6, 6.07) is 4.20. The summed E-state index contributed by atoms with van der Waals surface area (Å²) in [6.45, 7) is 12.2. The molecule has 0 amide bonds. The second-order valence-electron chi connectivity index (χ2n) is 7.16. The minimum absolute atomic E-state index is 0.440. The fraction of sp³-hybridized carbons (Fsp3) is 0.684. The average molecular weight is 349 g/mol. The quantitative estimate of drug-likeness (QED) is 0.653. The molecule has 4 nitrogen and oxygen atoms in total. The van der Waals surface area contributed by atoms with Gasteiger partial charge in [-0.25, -0.2) is 0 Å². The van der Waals surface area contributed by atoms with Crippen molar-refractivity contribution in [3.05, 3.63) is 30.1 Å². The van der Waals surface area contributed by atoms with E-state index in [0.29, 0.717) is 23.0 Å². The van der Waals surface area contributed by atoms with Gasteiger partial charge in [0.2, 0.25) is 0 Å². The van der Waals surface area contributed by atoms with Gasteiger partial charge in [-0.1, -0.05) is 33.8 Å². The Morgan fingerprint density at radius 1 is 1.42 bits per heavy atom. The highest BCUT2D eigenvalue weighted by molar-refractivity contribution is 8.00. The number of nitrogens with one attached hydrogen (secondary N) is 1. The number of guanidine groups is 1. The largest absolute Gasteiger partial charge is 0.356 e. The fourth-order valence-electron chi connectivity index (χ4n) is 3.14. The summed E-state index contributed by atoms with van der Waals surface area (Å²) in [6.07, 6.45) is 3.83. The van der Waals surface area contributed by atoms with E-state index in [0.717, 1.165) is 25.6 Å². The maximum atomic E-state index is 4.54. The molecule has 0 saturated carbocycles. The first-order valence-electron chi connectivity index (χ1n) is 9.00. The molecule has 1 aromatic rings. The molecule has 5 heteroatoms. The van der Waals surface area contributed by atoms with Gasteiger partial charge in [0.1, 0.15) is 0 Å². The molecule has 24 heavy (non-hydrogen) atoms. The number of rotatable bonds is 5. The van der Waals surface area contributed by atoms with Gasteiger partial charge in [-0.3, -0.25) is 9.98 Å². The Hall–Kier alpha value is -1.23. The van der Waals surface area contributed by atoms with Crippen LogP contribution < -0.4 is 5.32 Å². The summed E-state index contributed by atoms with van der Waals surface area (Å²) in [5.41, 5.74) is 1.30. The lowest BCUT2D eigenvalue weighted by atomic mass is 9.89. The van der Waals surface area contributed by atoms with E-state index in [9.17, 15) is 0 Å². The van der Waals surface area contributed by atoms with Gasteiger partial charge in [0.05, 0.1) is 0 Å². The van der Waals surface area contributed by atoms with E-state index in [1.54, 1.807) is 0 Å². The molecule has 0 aromatic carbocycles. The maximum absolute atomic E-state index is 4.54. The lowest BCUT2D eigenvalue weighted by molar-refractivity contribution is 0.375. The zero-order chi connectivity index (χ0) is 17.5. The molecule has 1 aliphatic rings. The molecule has 0 radical (unpaired) electrons. The van der Waals surface area contributed by atoms with Crippen LogP contribution in [0.5, 0.6) is 0 Å². The second kappa shape index (κ2) is 9.30. The Morgan fingerprint density at radius 3 is 2.79 bits per heavy atom. The van der Waals surface area contributed by atoms with E-state index < -0.39 is 0 Å². The molecule has 2 rings (SSSR count). The van der Waals surface area contributed by atoms with E-state index in [-0.39, 0.29) is 0 Å². The van der Waals surface area contributed by atoms with Crippen molar-refractivity contribution in [2.45, 2.75) is 38.9 Å². The lowest BCUT2D eigenvalue weighted by Crippen LogP contribution is -2.49. The van der Waals surface area contributed by atoms with E-state index in [1.807, 2.05) is 25.5 Å². The van der Waals surface area contributed by atoms with Crippen molar-refractivity contribution < 1.29 is 0 Å². The molecule has 1 fully saturated rings. The van der Waals surface area contributed by atoms with Crippen molar-refractivity contribution in [2.75, 3.05) is 32.4 Å². The minimum Gasteiger partial charge on any atom is -0.356 e. The van der Waals surface area contributed by atoms with E-state index in [1.165, 1.54) is 11.3 Å². The zero-order valence-corrected chi connectivity index (χ0v) is 16.5. The molecule has 134 valence electrons. The normalized spacial score (nSPS) is 20.5. The van der Waals surface area contributed by atoms with Gasteiger partial charge < -0.3 is 10.2 Å². The average Bonchev–Trinajstić information content (AvgIpc) is 2.59. The first-order valence-corrected chi connectivity index (χ1v) is 10.0. The SMILES string of the molecule is CN=C(NCC(c1cccnc1)C(C)C)N1CCSC(C(C)C)C1. The van der Waals surface area contributed by atoms with Gasteiger partial charge in [-0.2, -0.15) is 11.8 Å². The van der Waals surface area contributed by atoms with Crippen molar-refractivity contribution in [3.8, 4) is 0 Å². The molecule has 1 aromatic heterocycles. The van der Waals surface area contributed by atoms with Gasteiger partial charge in [0.25, 0.3) is 0 Å². The highest BCUT2D eigenvalue weighted by Crippen LogP contribution is 2.26. The van der Waals surface area contributed by atoms with Crippen molar-refractivity contribution in [2.24, 2.45) is 16.8 Å². The van der Waals surface area contributed by atoms with Gasteiger partial charge >= 0.3 is 0 Å². The van der Waals surface area contributed by atoms with Crippen LogP contribution in [0.25, 0.3) is 0 Å². The number of thioether (sulfide) groups is 1. The molecule has 0 aliphatic carbocycles. The Balaban J connectivity index is 1.99. The highest BCUT2D eigenvalue weighted by atomic mass is 32.2. The number of hydrogen-bond acceptors (Lipinski definition) is 3. The van der Waals surface area contributed by atoms with Gasteiger partial charge in [-0.15, -0.1) is 0 Å². The predicted octanol–water partition coefficient (Wildman–Crippen LogP) is 3.47. The van der Waals surface area contributed by atoms with Crippen LogP contribution in [0.1, 0.15) is 39.2 Å². The first kappa shape index (κ1) is 19.1. The predicted molar refractivity (Wildman–Crippen MR) is 106 cm³/mol. The van der Waals surface area contributed by atoms with Crippen molar-refractivity contribution in [3.63, 3.8) is 0 Å². The third-order valence-corrected chi connectivity index (χ3v) is 6.29. The maximum Gasteiger partial charge on any atom is 0.193 e. The summed E-state index contributed by atoms with van der Waals surface area (Å²) >= 11 is 2.10. The molecule has 2 unspecified atom stereocenters. The molecule has 1 aliphatic heterocycles. The van der Waals surface area contributed by atoms with Crippen LogP contribution in [0.4, 0.5) is 0 Å². The number of aliphatic imine (C=N–C) groups is 1. The van der Waals surface area contributed by atoms with Crippen molar-refractivity contribution >= 4 is 17.7 Å². The smallest absolute Gasteiger partial charge is 0.193 e. The van der Waals surface area contributed by atoms with Crippen LogP contribution in [-0.4, -0.2) is 53.5 Å². The van der Waals surface area contributed by atoms with E-state index >= 15 is 0 Å². The topological polar surface area (TPSA) is 40.5 Å². The van der Waals surface area contributed by atoms with Crippen molar-refractivity contribution in [1.82, 2.24) is 15.2 Å². The molecule has 2 atom stereocenters. The summed E-state index contributed by atoms with van der Waals surface area (Å²) in [7, 11) is 1.89. The van der Waals surface area contributed by atoms with Crippen molar-refractivity contribution in [1.29, 1.82) is 0 Å². The third kappa shape index (κ3) is 5.13. The lowest BCUT2D eigenvalue weighted by Gasteiger charge is -2.37. The molecule has 0 spiro atoms. The minimum atomic E-state index is 0.440. The molecule has 1 N–H and O–H groups in total. The number of pyridine rings is 1. The Bertz CT molecular complexity index is 515. The molecule has 0 bridgehead atoms. The fourth-order valence-corrected chi connectivity index (χ4v) is 4.44. The van der Waals surface area contributed by atoms with Crippen LogP contribution in [0.2, 0.25) is 0 Å². The Morgan fingerprint density at radius 2 is 2.21 bits per heavy atom. The number of hydrogen-bond donors (Lipinski definition) is 1. The molecule has 2 heterocycles. The first-order chi connectivity index (χ1) is 11.5. The molecular weight excluding hydrogens is 316 g/mol. The van der Waals surface area contributed by atoms with Gasteiger partial charge in [-0.05, 0) is 23.5 Å². The summed E-state index contributed by atoms with van der Waals surface area (Å²) < 4.78 is 0. The molecular formula is C19H32N4S. The Labute approximate surface area is 151 Å². The summed E-state index contributed by atoms with van der Waals surface area (Å²) in [5.74, 6) is 3.92. The summed E-state index contributed by atoms with van der Waals surface area (Å²) in [5, 5.41) is 4.31. The van der Waals surface area contributed by atoms with Crippen LogP contribution in [0, 0.1) is 11.8 Å².